The van der Waals surface area contributed by atoms with E-state index in [4.69, 9.17) is 4.74 Å². The maximum absolute atomic E-state index is 12.5. The van der Waals surface area contributed by atoms with Gasteiger partial charge in [-0.15, -0.1) is 0 Å². The summed E-state index contributed by atoms with van der Waals surface area (Å²) in [7, 11) is 1.64. The van der Waals surface area contributed by atoms with Crippen LogP contribution in [-0.4, -0.2) is 24.1 Å². The molecule has 0 aliphatic heterocycles. The van der Waals surface area contributed by atoms with Crippen LogP contribution in [0.5, 0.6) is 5.75 Å². The lowest BCUT2D eigenvalue weighted by atomic mass is 10.2. The van der Waals surface area contributed by atoms with E-state index in [-0.39, 0.29) is 12.1 Å². The van der Waals surface area contributed by atoms with Gasteiger partial charge in [-0.05, 0) is 37.1 Å². The minimum atomic E-state index is -0.0559. The first-order valence-corrected chi connectivity index (χ1v) is 7.81. The number of nitrogens with zero attached hydrogens (tertiary/aromatic N) is 1. The van der Waals surface area contributed by atoms with E-state index in [0.29, 0.717) is 13.1 Å². The monoisotopic (exact) mass is 312 g/mol. The highest BCUT2D eigenvalue weighted by Gasteiger charge is 2.16. The molecule has 0 spiro atoms. The summed E-state index contributed by atoms with van der Waals surface area (Å²) < 4.78 is 5.14. The number of amides is 2. The van der Waals surface area contributed by atoms with Gasteiger partial charge in [0.05, 0.1) is 7.11 Å². The molecule has 0 saturated carbocycles. The van der Waals surface area contributed by atoms with Crippen molar-refractivity contribution in [3.63, 3.8) is 0 Å². The molecular formula is C19H24N2O2. The maximum atomic E-state index is 12.5. The minimum Gasteiger partial charge on any atom is -0.497 e. The molecule has 0 saturated heterocycles. The van der Waals surface area contributed by atoms with Gasteiger partial charge in [0, 0.05) is 19.1 Å². The number of hydrogen-bond donors (Lipinski definition) is 1. The number of methoxy groups -OCH3 is 1. The van der Waals surface area contributed by atoms with E-state index in [9.17, 15) is 4.79 Å². The molecule has 23 heavy (non-hydrogen) atoms. The number of benzene rings is 2. The zero-order valence-corrected chi connectivity index (χ0v) is 14.0. The fourth-order valence-electron chi connectivity index (χ4n) is 2.29. The lowest BCUT2D eigenvalue weighted by Gasteiger charge is -2.27. The summed E-state index contributed by atoms with van der Waals surface area (Å²) in [6.45, 7) is 5.15. The normalized spacial score (nSPS) is 10.4. The second kappa shape index (κ2) is 8.22. The van der Waals surface area contributed by atoms with E-state index in [1.165, 1.54) is 0 Å². The molecule has 0 aromatic heterocycles. The molecule has 2 aromatic carbocycles. The maximum Gasteiger partial charge on any atom is 0.318 e. The molecule has 2 rings (SSSR count). The SMILES string of the molecule is COc1ccc(CNC(=O)N(Cc2ccccc2)C(C)C)cc1. The van der Waals surface area contributed by atoms with Gasteiger partial charge in [-0.1, -0.05) is 42.5 Å². The second-order valence-electron chi connectivity index (χ2n) is 5.71. The second-order valence-corrected chi connectivity index (χ2v) is 5.71. The van der Waals surface area contributed by atoms with E-state index < -0.39 is 0 Å². The van der Waals surface area contributed by atoms with Crippen LogP contribution in [0.1, 0.15) is 25.0 Å². The number of carbonyl (C=O) groups is 1. The van der Waals surface area contributed by atoms with Gasteiger partial charge in [0.2, 0.25) is 0 Å². The van der Waals surface area contributed by atoms with E-state index in [0.717, 1.165) is 16.9 Å². The van der Waals surface area contributed by atoms with Gasteiger partial charge in [0.15, 0.2) is 0 Å². The van der Waals surface area contributed by atoms with Crippen molar-refractivity contribution in [2.75, 3.05) is 7.11 Å². The Morgan fingerprint density at radius 2 is 1.70 bits per heavy atom. The van der Waals surface area contributed by atoms with Gasteiger partial charge in [-0.2, -0.15) is 0 Å². The topological polar surface area (TPSA) is 41.6 Å². The minimum absolute atomic E-state index is 0.0559. The molecule has 0 radical (unpaired) electrons. The summed E-state index contributed by atoms with van der Waals surface area (Å²) in [4.78, 5) is 14.3. The molecular weight excluding hydrogens is 288 g/mol. The third kappa shape index (κ3) is 5.02. The zero-order valence-electron chi connectivity index (χ0n) is 14.0. The van der Waals surface area contributed by atoms with Crippen LogP contribution in [0.2, 0.25) is 0 Å². The Hall–Kier alpha value is -2.49. The molecule has 4 nitrogen and oxygen atoms in total. The largest absolute Gasteiger partial charge is 0.497 e. The summed E-state index contributed by atoms with van der Waals surface area (Å²) in [5.74, 6) is 0.813. The molecule has 0 bridgehead atoms. The van der Waals surface area contributed by atoms with Gasteiger partial charge in [0.1, 0.15) is 5.75 Å². The Labute approximate surface area is 138 Å². The molecule has 0 aliphatic rings. The van der Waals surface area contributed by atoms with Crippen molar-refractivity contribution in [3.05, 3.63) is 65.7 Å². The quantitative estimate of drug-likeness (QED) is 0.881. The number of hydrogen-bond acceptors (Lipinski definition) is 2. The molecule has 0 atom stereocenters. The Kier molecular flexibility index (Phi) is 6.03. The Bertz CT molecular complexity index is 609. The molecule has 0 heterocycles. The van der Waals surface area contributed by atoms with Crippen molar-refractivity contribution in [2.45, 2.75) is 33.0 Å². The summed E-state index contributed by atoms with van der Waals surface area (Å²) in [6, 6.07) is 17.8. The van der Waals surface area contributed by atoms with Crippen molar-refractivity contribution in [1.82, 2.24) is 10.2 Å². The highest BCUT2D eigenvalue weighted by molar-refractivity contribution is 5.74. The van der Waals surface area contributed by atoms with Crippen LogP contribution in [0, 0.1) is 0 Å². The van der Waals surface area contributed by atoms with Crippen LogP contribution < -0.4 is 10.1 Å². The van der Waals surface area contributed by atoms with Crippen LogP contribution in [0.4, 0.5) is 4.79 Å². The Morgan fingerprint density at radius 1 is 1.04 bits per heavy atom. The Balaban J connectivity index is 1.95. The number of ether oxygens (including phenoxy) is 1. The fourth-order valence-corrected chi connectivity index (χ4v) is 2.29. The molecule has 2 aromatic rings. The molecule has 2 amide bonds. The zero-order chi connectivity index (χ0) is 16.7. The molecule has 122 valence electrons. The average Bonchev–Trinajstić information content (AvgIpc) is 2.58. The summed E-state index contributed by atoms with van der Waals surface area (Å²) >= 11 is 0. The smallest absolute Gasteiger partial charge is 0.318 e. The van der Waals surface area contributed by atoms with Gasteiger partial charge < -0.3 is 15.0 Å². The molecule has 0 aliphatic carbocycles. The van der Waals surface area contributed by atoms with Crippen molar-refractivity contribution in [1.29, 1.82) is 0 Å². The highest BCUT2D eigenvalue weighted by atomic mass is 16.5. The van der Waals surface area contributed by atoms with E-state index in [1.54, 1.807) is 7.11 Å². The summed E-state index contributed by atoms with van der Waals surface area (Å²) in [5, 5.41) is 2.98. The van der Waals surface area contributed by atoms with Gasteiger partial charge in [0.25, 0.3) is 0 Å². The van der Waals surface area contributed by atoms with Crippen LogP contribution in [-0.2, 0) is 13.1 Å². The number of rotatable bonds is 6. The van der Waals surface area contributed by atoms with Crippen molar-refractivity contribution in [2.24, 2.45) is 0 Å². The number of urea groups is 1. The average molecular weight is 312 g/mol. The third-order valence-electron chi connectivity index (χ3n) is 3.68. The summed E-state index contributed by atoms with van der Waals surface area (Å²) in [6.07, 6.45) is 0. The van der Waals surface area contributed by atoms with Gasteiger partial charge in [-0.3, -0.25) is 0 Å². The predicted octanol–water partition coefficient (Wildman–Crippen LogP) is 3.82. The highest BCUT2D eigenvalue weighted by Crippen LogP contribution is 2.12. The van der Waals surface area contributed by atoms with Crippen LogP contribution in [0.3, 0.4) is 0 Å². The fraction of sp³-hybridized carbons (Fsp3) is 0.316. The molecule has 0 unspecified atom stereocenters. The van der Waals surface area contributed by atoms with Crippen molar-refractivity contribution < 1.29 is 9.53 Å². The van der Waals surface area contributed by atoms with E-state index in [1.807, 2.05) is 73.3 Å². The van der Waals surface area contributed by atoms with E-state index in [2.05, 4.69) is 5.32 Å². The van der Waals surface area contributed by atoms with Gasteiger partial charge in [-0.25, -0.2) is 4.79 Å². The predicted molar refractivity (Wildman–Crippen MR) is 92.4 cm³/mol. The van der Waals surface area contributed by atoms with Crippen molar-refractivity contribution >= 4 is 6.03 Å². The number of carbonyl (C=O) groups excluding carboxylic acids is 1. The molecule has 4 heteroatoms. The van der Waals surface area contributed by atoms with Crippen LogP contribution >= 0.6 is 0 Å². The third-order valence-corrected chi connectivity index (χ3v) is 3.68. The molecule has 0 fully saturated rings. The standard InChI is InChI=1S/C19H24N2O2/c1-15(2)21(14-17-7-5-4-6-8-17)19(22)20-13-16-9-11-18(23-3)12-10-16/h4-12,15H,13-14H2,1-3H3,(H,20,22). The van der Waals surface area contributed by atoms with Gasteiger partial charge >= 0.3 is 6.03 Å². The first-order chi connectivity index (χ1) is 11.1. The summed E-state index contributed by atoms with van der Waals surface area (Å²) in [5.41, 5.74) is 2.17. The Morgan fingerprint density at radius 3 is 2.26 bits per heavy atom. The lowest BCUT2D eigenvalue weighted by Crippen LogP contribution is -2.43. The van der Waals surface area contributed by atoms with Crippen LogP contribution in [0.15, 0.2) is 54.6 Å². The first-order valence-electron chi connectivity index (χ1n) is 7.81. The van der Waals surface area contributed by atoms with Crippen molar-refractivity contribution in [3.8, 4) is 5.75 Å². The molecule has 1 N–H and O–H groups in total. The van der Waals surface area contributed by atoms with Crippen LogP contribution in [0.25, 0.3) is 0 Å². The lowest BCUT2D eigenvalue weighted by molar-refractivity contribution is 0.179. The van der Waals surface area contributed by atoms with E-state index >= 15 is 0 Å². The first kappa shape index (κ1) is 16.9. The number of nitrogens with one attached hydrogen (secondary N) is 1.